The molecule has 0 amide bonds. The van der Waals surface area contributed by atoms with Crippen molar-refractivity contribution < 1.29 is 9.90 Å². The van der Waals surface area contributed by atoms with Gasteiger partial charge in [-0.05, 0) is 12.5 Å². The standard InChI is InChI=1S/C11H9Cl2NO3S2/c12-8-4-6(10(13)19-8)7-5-18-11(17)14(7)3-1-2-9(15)16/h4-5H,1-3H2,(H,15,16). The van der Waals surface area contributed by atoms with Gasteiger partial charge in [-0.1, -0.05) is 34.5 Å². The van der Waals surface area contributed by atoms with Gasteiger partial charge in [0.1, 0.15) is 4.34 Å². The van der Waals surface area contributed by atoms with Crippen LogP contribution in [0.25, 0.3) is 11.3 Å². The van der Waals surface area contributed by atoms with E-state index in [4.69, 9.17) is 28.3 Å². The average molecular weight is 338 g/mol. The molecule has 0 aromatic carbocycles. The predicted octanol–water partition coefficient (Wildman–Crippen LogP) is 3.81. The lowest BCUT2D eigenvalue weighted by molar-refractivity contribution is -0.137. The van der Waals surface area contributed by atoms with E-state index in [1.807, 2.05) is 0 Å². The molecule has 0 bridgehead atoms. The fraction of sp³-hybridized carbons (Fsp3) is 0.273. The first-order chi connectivity index (χ1) is 8.99. The second-order valence-electron chi connectivity index (χ2n) is 3.77. The van der Waals surface area contributed by atoms with Crippen LogP contribution < -0.4 is 4.87 Å². The number of carbonyl (C=O) groups is 1. The summed E-state index contributed by atoms with van der Waals surface area (Å²) in [5, 5.41) is 10.3. The SMILES string of the molecule is O=C(O)CCCn1c(-c2cc(Cl)sc2Cl)csc1=O. The number of carboxylic acid groups (broad SMARTS) is 1. The molecule has 2 rings (SSSR count). The maximum absolute atomic E-state index is 11.8. The maximum atomic E-state index is 11.8. The Balaban J connectivity index is 2.29. The number of rotatable bonds is 5. The molecule has 0 saturated heterocycles. The molecule has 0 saturated carbocycles. The molecule has 0 aliphatic carbocycles. The van der Waals surface area contributed by atoms with Gasteiger partial charge in [-0.2, -0.15) is 0 Å². The van der Waals surface area contributed by atoms with Crippen molar-refractivity contribution in [2.45, 2.75) is 19.4 Å². The van der Waals surface area contributed by atoms with E-state index >= 15 is 0 Å². The molecule has 2 aromatic heterocycles. The number of hydrogen-bond donors (Lipinski definition) is 1. The van der Waals surface area contributed by atoms with Crippen LogP contribution in [-0.2, 0) is 11.3 Å². The van der Waals surface area contributed by atoms with Gasteiger partial charge in [0.25, 0.3) is 0 Å². The molecule has 102 valence electrons. The Morgan fingerprint density at radius 2 is 2.16 bits per heavy atom. The summed E-state index contributed by atoms with van der Waals surface area (Å²) in [4.78, 5) is 22.1. The third-order valence-corrected chi connectivity index (χ3v) is 4.74. The van der Waals surface area contributed by atoms with Crippen LogP contribution in [0.3, 0.4) is 0 Å². The van der Waals surface area contributed by atoms with Crippen LogP contribution >= 0.6 is 45.9 Å². The molecular weight excluding hydrogens is 329 g/mol. The second-order valence-corrected chi connectivity index (χ2v) is 6.88. The lowest BCUT2D eigenvalue weighted by Gasteiger charge is -2.05. The quantitative estimate of drug-likeness (QED) is 0.902. The number of thiophene rings is 1. The first-order valence-electron chi connectivity index (χ1n) is 5.34. The van der Waals surface area contributed by atoms with Crippen molar-refractivity contribution in [2.75, 3.05) is 0 Å². The molecule has 8 heteroatoms. The van der Waals surface area contributed by atoms with E-state index < -0.39 is 5.97 Å². The first-order valence-corrected chi connectivity index (χ1v) is 7.79. The number of aromatic nitrogens is 1. The number of halogens is 2. The van der Waals surface area contributed by atoms with Crippen LogP contribution in [-0.4, -0.2) is 15.6 Å². The van der Waals surface area contributed by atoms with Crippen molar-refractivity contribution in [3.8, 4) is 11.3 Å². The maximum Gasteiger partial charge on any atom is 0.307 e. The Bertz CT molecular complexity index is 659. The summed E-state index contributed by atoms with van der Waals surface area (Å²) in [7, 11) is 0. The number of nitrogens with zero attached hydrogens (tertiary/aromatic N) is 1. The highest BCUT2D eigenvalue weighted by Crippen LogP contribution is 2.38. The number of hydrogen-bond acceptors (Lipinski definition) is 4. The molecule has 2 aromatic rings. The van der Waals surface area contributed by atoms with E-state index in [0.29, 0.717) is 32.9 Å². The molecule has 4 nitrogen and oxygen atoms in total. The summed E-state index contributed by atoms with van der Waals surface area (Å²) >= 11 is 14.3. The van der Waals surface area contributed by atoms with Gasteiger partial charge < -0.3 is 5.11 Å². The molecule has 19 heavy (non-hydrogen) atoms. The number of thiazole rings is 1. The highest BCUT2D eigenvalue weighted by molar-refractivity contribution is 7.20. The van der Waals surface area contributed by atoms with Crippen molar-refractivity contribution in [3.63, 3.8) is 0 Å². The highest BCUT2D eigenvalue weighted by atomic mass is 35.5. The van der Waals surface area contributed by atoms with Crippen molar-refractivity contribution >= 4 is 51.8 Å². The summed E-state index contributed by atoms with van der Waals surface area (Å²) < 4.78 is 2.61. The lowest BCUT2D eigenvalue weighted by Crippen LogP contribution is -2.15. The van der Waals surface area contributed by atoms with Gasteiger partial charge in [0.2, 0.25) is 0 Å². The minimum absolute atomic E-state index is 0.0276. The van der Waals surface area contributed by atoms with Crippen molar-refractivity contribution in [3.05, 3.63) is 29.8 Å². The van der Waals surface area contributed by atoms with Gasteiger partial charge >= 0.3 is 10.8 Å². The van der Waals surface area contributed by atoms with E-state index in [2.05, 4.69) is 0 Å². The normalized spacial score (nSPS) is 10.8. The second kappa shape index (κ2) is 6.09. The summed E-state index contributed by atoms with van der Waals surface area (Å²) in [6.45, 7) is 0.355. The summed E-state index contributed by atoms with van der Waals surface area (Å²) in [5.74, 6) is -0.874. The molecule has 0 unspecified atom stereocenters. The summed E-state index contributed by atoms with van der Waals surface area (Å²) in [5.41, 5.74) is 1.40. The van der Waals surface area contributed by atoms with Crippen molar-refractivity contribution in [2.24, 2.45) is 0 Å². The topological polar surface area (TPSA) is 59.3 Å². The monoisotopic (exact) mass is 337 g/mol. The Kier molecular flexibility index (Phi) is 4.67. The smallest absolute Gasteiger partial charge is 0.307 e. The zero-order valence-corrected chi connectivity index (χ0v) is 12.7. The molecule has 0 atom stereocenters. The van der Waals surface area contributed by atoms with Gasteiger partial charge in [0, 0.05) is 23.9 Å². The zero-order valence-electron chi connectivity index (χ0n) is 9.56. The van der Waals surface area contributed by atoms with Gasteiger partial charge in [0.15, 0.2) is 0 Å². The third-order valence-electron chi connectivity index (χ3n) is 2.49. The largest absolute Gasteiger partial charge is 0.481 e. The predicted molar refractivity (Wildman–Crippen MR) is 78.8 cm³/mol. The Labute approximate surface area is 126 Å². The van der Waals surface area contributed by atoms with E-state index in [9.17, 15) is 9.59 Å². The fourth-order valence-electron chi connectivity index (χ4n) is 1.66. The molecule has 2 heterocycles. The average Bonchev–Trinajstić information content (AvgIpc) is 2.83. The van der Waals surface area contributed by atoms with Crippen molar-refractivity contribution in [1.29, 1.82) is 0 Å². The summed E-state index contributed by atoms with van der Waals surface area (Å²) in [6.07, 6.45) is 0.425. The molecule has 0 fully saturated rings. The Hall–Kier alpha value is -0.820. The van der Waals surface area contributed by atoms with Gasteiger partial charge in [-0.15, -0.1) is 11.3 Å². The molecular formula is C11H9Cl2NO3S2. The van der Waals surface area contributed by atoms with E-state index in [-0.39, 0.29) is 11.3 Å². The summed E-state index contributed by atoms with van der Waals surface area (Å²) in [6, 6.07) is 1.71. The van der Waals surface area contributed by atoms with Crippen LogP contribution in [0.1, 0.15) is 12.8 Å². The lowest BCUT2D eigenvalue weighted by atomic mass is 10.2. The molecule has 0 radical (unpaired) electrons. The number of carboxylic acids is 1. The number of aliphatic carboxylic acids is 1. The molecule has 0 aliphatic rings. The minimum atomic E-state index is -0.874. The van der Waals surface area contributed by atoms with Crippen LogP contribution in [0.15, 0.2) is 16.2 Å². The zero-order chi connectivity index (χ0) is 14.0. The van der Waals surface area contributed by atoms with Gasteiger partial charge in [0.05, 0.1) is 10.0 Å². The molecule has 0 spiro atoms. The van der Waals surface area contributed by atoms with Gasteiger partial charge in [-0.25, -0.2) is 0 Å². The Morgan fingerprint density at radius 3 is 2.74 bits per heavy atom. The van der Waals surface area contributed by atoms with Crippen LogP contribution in [0.2, 0.25) is 8.67 Å². The molecule has 0 aliphatic heterocycles. The highest BCUT2D eigenvalue weighted by Gasteiger charge is 2.15. The fourth-order valence-corrected chi connectivity index (χ4v) is 3.92. The van der Waals surface area contributed by atoms with E-state index in [0.717, 1.165) is 11.3 Å². The third kappa shape index (κ3) is 3.39. The van der Waals surface area contributed by atoms with E-state index in [1.165, 1.54) is 15.9 Å². The Morgan fingerprint density at radius 1 is 1.42 bits per heavy atom. The first kappa shape index (κ1) is 14.6. The van der Waals surface area contributed by atoms with E-state index in [1.54, 1.807) is 11.4 Å². The van der Waals surface area contributed by atoms with Gasteiger partial charge in [-0.3, -0.25) is 14.2 Å². The molecule has 1 N–H and O–H groups in total. The van der Waals surface area contributed by atoms with Crippen molar-refractivity contribution in [1.82, 2.24) is 4.57 Å². The van der Waals surface area contributed by atoms with Crippen LogP contribution in [0.4, 0.5) is 0 Å². The van der Waals surface area contributed by atoms with Crippen LogP contribution in [0, 0.1) is 0 Å². The van der Waals surface area contributed by atoms with Crippen LogP contribution in [0.5, 0.6) is 0 Å². The minimum Gasteiger partial charge on any atom is -0.481 e.